The van der Waals surface area contributed by atoms with Gasteiger partial charge < -0.3 is 4.42 Å². The number of rotatable bonds is 6. The molecule has 1 aromatic carbocycles. The van der Waals surface area contributed by atoms with Crippen LogP contribution in [0.5, 0.6) is 0 Å². The zero-order valence-electron chi connectivity index (χ0n) is 10.8. The summed E-state index contributed by atoms with van der Waals surface area (Å²) in [5.41, 5.74) is 0. The molecule has 0 aliphatic carbocycles. The fraction of sp³-hybridized carbons (Fsp3) is 0.286. The first-order chi connectivity index (χ1) is 9.08. The number of benzene rings is 1. The van der Waals surface area contributed by atoms with E-state index in [9.17, 15) is 8.42 Å². The van der Waals surface area contributed by atoms with Crippen molar-refractivity contribution in [2.45, 2.75) is 11.4 Å². The minimum absolute atomic E-state index is 0.105. The van der Waals surface area contributed by atoms with Crippen LogP contribution in [0, 0.1) is 0 Å². The molecule has 4 nitrogen and oxygen atoms in total. The van der Waals surface area contributed by atoms with Crippen molar-refractivity contribution in [3.05, 3.63) is 54.5 Å². The van der Waals surface area contributed by atoms with Crippen LogP contribution in [0.1, 0.15) is 5.76 Å². The normalized spacial score (nSPS) is 11.9. The van der Waals surface area contributed by atoms with Gasteiger partial charge in [0, 0.05) is 6.54 Å². The topological polar surface area (TPSA) is 50.5 Å². The molecule has 0 unspecified atom stereocenters. The molecular formula is C14H17NO3S. The van der Waals surface area contributed by atoms with Crippen molar-refractivity contribution in [1.82, 2.24) is 4.90 Å². The smallest absolute Gasteiger partial charge is 0.179 e. The summed E-state index contributed by atoms with van der Waals surface area (Å²) in [5.74, 6) is 0.938. The Morgan fingerprint density at radius 1 is 1.11 bits per heavy atom. The SMILES string of the molecule is CN(CCS(=O)(=O)c1ccccc1)Cc1ccco1. The number of hydrogen-bond donors (Lipinski definition) is 0. The summed E-state index contributed by atoms with van der Waals surface area (Å²) < 4.78 is 29.4. The van der Waals surface area contributed by atoms with Gasteiger partial charge in [0.15, 0.2) is 9.84 Å². The van der Waals surface area contributed by atoms with Gasteiger partial charge in [-0.3, -0.25) is 4.90 Å². The highest BCUT2D eigenvalue weighted by atomic mass is 32.2. The van der Waals surface area contributed by atoms with Crippen LogP contribution in [0.15, 0.2) is 58.0 Å². The van der Waals surface area contributed by atoms with Gasteiger partial charge in [-0.25, -0.2) is 8.42 Å². The Morgan fingerprint density at radius 2 is 1.84 bits per heavy atom. The first-order valence-corrected chi connectivity index (χ1v) is 7.72. The Labute approximate surface area is 113 Å². The molecule has 0 N–H and O–H groups in total. The lowest BCUT2D eigenvalue weighted by molar-refractivity contribution is 0.310. The third kappa shape index (κ3) is 3.94. The van der Waals surface area contributed by atoms with Gasteiger partial charge in [0.05, 0.1) is 23.5 Å². The summed E-state index contributed by atoms with van der Waals surface area (Å²) in [4.78, 5) is 2.31. The van der Waals surface area contributed by atoms with Gasteiger partial charge in [0.1, 0.15) is 5.76 Å². The van der Waals surface area contributed by atoms with Gasteiger partial charge >= 0.3 is 0 Å². The average Bonchev–Trinajstić information content (AvgIpc) is 2.90. The Kier molecular flexibility index (Phi) is 4.39. The van der Waals surface area contributed by atoms with Gasteiger partial charge in [0.2, 0.25) is 0 Å². The Balaban J connectivity index is 1.91. The van der Waals surface area contributed by atoms with E-state index in [0.717, 1.165) is 5.76 Å². The molecule has 2 rings (SSSR count). The summed E-state index contributed by atoms with van der Waals surface area (Å²) in [7, 11) is -1.33. The first-order valence-electron chi connectivity index (χ1n) is 6.07. The van der Waals surface area contributed by atoms with Crippen LogP contribution in [0.2, 0.25) is 0 Å². The van der Waals surface area contributed by atoms with Gasteiger partial charge in [-0.2, -0.15) is 0 Å². The second-order valence-electron chi connectivity index (χ2n) is 4.45. The number of furan rings is 1. The fourth-order valence-corrected chi connectivity index (χ4v) is 3.13. The van der Waals surface area contributed by atoms with Crippen molar-refractivity contribution < 1.29 is 12.8 Å². The molecule has 0 aliphatic heterocycles. The summed E-state index contributed by atoms with van der Waals surface area (Å²) >= 11 is 0. The van der Waals surface area contributed by atoms with Gasteiger partial charge in [0.25, 0.3) is 0 Å². The minimum Gasteiger partial charge on any atom is -0.468 e. The largest absolute Gasteiger partial charge is 0.468 e. The highest BCUT2D eigenvalue weighted by molar-refractivity contribution is 7.91. The molecule has 5 heteroatoms. The maximum Gasteiger partial charge on any atom is 0.179 e. The molecular weight excluding hydrogens is 262 g/mol. The minimum atomic E-state index is -3.21. The number of sulfone groups is 1. The predicted molar refractivity (Wildman–Crippen MR) is 73.5 cm³/mol. The lowest BCUT2D eigenvalue weighted by Gasteiger charge is -2.15. The number of hydrogen-bond acceptors (Lipinski definition) is 4. The van der Waals surface area contributed by atoms with E-state index in [0.29, 0.717) is 18.0 Å². The molecule has 0 spiro atoms. The van der Waals surface area contributed by atoms with E-state index in [1.54, 1.807) is 30.5 Å². The van der Waals surface area contributed by atoms with Crippen molar-refractivity contribution in [1.29, 1.82) is 0 Å². The van der Waals surface area contributed by atoms with E-state index in [1.165, 1.54) is 0 Å². The van der Waals surface area contributed by atoms with Crippen molar-refractivity contribution >= 4 is 9.84 Å². The Morgan fingerprint density at radius 3 is 2.47 bits per heavy atom. The molecule has 0 bridgehead atoms. The first kappa shape index (κ1) is 13.8. The highest BCUT2D eigenvalue weighted by Crippen LogP contribution is 2.11. The zero-order valence-corrected chi connectivity index (χ0v) is 11.6. The Bertz CT molecular complexity index is 591. The zero-order chi connectivity index (χ0) is 13.7. The molecule has 0 aliphatic rings. The monoisotopic (exact) mass is 279 g/mol. The van der Waals surface area contributed by atoms with E-state index < -0.39 is 9.84 Å². The van der Waals surface area contributed by atoms with Crippen LogP contribution < -0.4 is 0 Å². The molecule has 0 amide bonds. The van der Waals surface area contributed by atoms with Crippen molar-refractivity contribution in [3.63, 3.8) is 0 Å². The average molecular weight is 279 g/mol. The summed E-state index contributed by atoms with van der Waals surface area (Å²) in [6, 6.07) is 12.2. The molecule has 0 atom stereocenters. The second-order valence-corrected chi connectivity index (χ2v) is 6.56. The molecule has 0 saturated heterocycles. The molecule has 0 saturated carbocycles. The lowest BCUT2D eigenvalue weighted by atomic mass is 10.4. The number of nitrogens with zero attached hydrogens (tertiary/aromatic N) is 1. The lowest BCUT2D eigenvalue weighted by Crippen LogP contribution is -2.25. The standard InChI is InChI=1S/C14H17NO3S/c1-15(12-13-6-5-10-18-13)9-11-19(16,17)14-7-3-2-4-8-14/h2-8,10H,9,11-12H2,1H3. The predicted octanol–water partition coefficient (Wildman–Crippen LogP) is 2.19. The van der Waals surface area contributed by atoms with E-state index in [-0.39, 0.29) is 5.75 Å². The van der Waals surface area contributed by atoms with Crippen LogP contribution >= 0.6 is 0 Å². The molecule has 1 aromatic heterocycles. The molecule has 102 valence electrons. The summed E-state index contributed by atoms with van der Waals surface area (Å²) in [5, 5.41) is 0. The van der Waals surface area contributed by atoms with E-state index in [1.807, 2.05) is 30.1 Å². The van der Waals surface area contributed by atoms with Crippen LogP contribution in [0.25, 0.3) is 0 Å². The van der Waals surface area contributed by atoms with Gasteiger partial charge in [-0.1, -0.05) is 18.2 Å². The molecule has 19 heavy (non-hydrogen) atoms. The van der Waals surface area contributed by atoms with Crippen LogP contribution in [0.4, 0.5) is 0 Å². The second kappa shape index (κ2) is 6.04. The van der Waals surface area contributed by atoms with Crippen LogP contribution in [-0.4, -0.2) is 32.7 Å². The van der Waals surface area contributed by atoms with E-state index >= 15 is 0 Å². The van der Waals surface area contributed by atoms with Gasteiger partial charge in [-0.15, -0.1) is 0 Å². The van der Waals surface area contributed by atoms with Gasteiger partial charge in [-0.05, 0) is 31.3 Å². The maximum atomic E-state index is 12.1. The molecule has 2 aromatic rings. The summed E-state index contributed by atoms with van der Waals surface area (Å²) in [6.45, 7) is 1.08. The third-order valence-electron chi connectivity index (χ3n) is 2.85. The van der Waals surface area contributed by atoms with Crippen molar-refractivity contribution in [2.75, 3.05) is 19.3 Å². The Hall–Kier alpha value is -1.59. The quantitative estimate of drug-likeness (QED) is 0.813. The fourth-order valence-electron chi connectivity index (χ4n) is 1.77. The third-order valence-corrected chi connectivity index (χ3v) is 4.56. The van der Waals surface area contributed by atoms with Crippen molar-refractivity contribution in [2.24, 2.45) is 0 Å². The van der Waals surface area contributed by atoms with E-state index in [2.05, 4.69) is 0 Å². The van der Waals surface area contributed by atoms with Crippen LogP contribution in [-0.2, 0) is 16.4 Å². The van der Waals surface area contributed by atoms with E-state index in [4.69, 9.17) is 4.42 Å². The van der Waals surface area contributed by atoms with Crippen molar-refractivity contribution in [3.8, 4) is 0 Å². The molecule has 1 heterocycles. The summed E-state index contributed by atoms with van der Waals surface area (Å²) in [6.07, 6.45) is 1.61. The van der Waals surface area contributed by atoms with Crippen LogP contribution in [0.3, 0.4) is 0 Å². The molecule has 0 radical (unpaired) electrons. The highest BCUT2D eigenvalue weighted by Gasteiger charge is 2.15. The molecule has 0 fully saturated rings. The maximum absolute atomic E-state index is 12.1.